The average molecular weight is 276 g/mol. The zero-order valence-corrected chi connectivity index (χ0v) is 11.1. The van der Waals surface area contributed by atoms with Crippen molar-refractivity contribution in [1.29, 1.82) is 0 Å². The lowest BCUT2D eigenvalue weighted by Crippen LogP contribution is -2.44. The molecule has 20 heavy (non-hydrogen) atoms. The number of amides is 1. The van der Waals surface area contributed by atoms with Crippen LogP contribution in [0, 0.1) is 0 Å². The summed E-state index contributed by atoms with van der Waals surface area (Å²) in [6.45, 7) is 3.47. The van der Waals surface area contributed by atoms with Crippen molar-refractivity contribution in [2.45, 2.75) is 19.1 Å². The smallest absolute Gasteiger partial charge is 0.271 e. The number of hydrogen-bond acceptors (Lipinski definition) is 5. The molecule has 1 fully saturated rings. The SMILES string of the molecule is CCO[C@@H]1COC[C@H]1NC(=O)c1ncnc2[nH]ccc12. The second kappa shape index (κ2) is 5.56. The van der Waals surface area contributed by atoms with E-state index in [1.807, 2.05) is 6.92 Å². The second-order valence-electron chi connectivity index (χ2n) is 4.57. The zero-order valence-electron chi connectivity index (χ0n) is 11.1. The summed E-state index contributed by atoms with van der Waals surface area (Å²) >= 11 is 0. The summed E-state index contributed by atoms with van der Waals surface area (Å²) in [5.41, 5.74) is 1.01. The summed E-state index contributed by atoms with van der Waals surface area (Å²) in [4.78, 5) is 23.4. The number of carbonyl (C=O) groups excluding carboxylic acids is 1. The van der Waals surface area contributed by atoms with Crippen LogP contribution in [0.5, 0.6) is 0 Å². The molecule has 0 bridgehead atoms. The molecule has 2 aromatic rings. The van der Waals surface area contributed by atoms with Crippen LogP contribution in [0.25, 0.3) is 11.0 Å². The molecule has 1 amide bonds. The summed E-state index contributed by atoms with van der Waals surface area (Å²) in [6, 6.07) is 1.64. The first-order chi connectivity index (χ1) is 9.79. The van der Waals surface area contributed by atoms with E-state index in [0.717, 1.165) is 0 Å². The van der Waals surface area contributed by atoms with Crippen molar-refractivity contribution >= 4 is 16.9 Å². The summed E-state index contributed by atoms with van der Waals surface area (Å²) in [5.74, 6) is -0.239. The van der Waals surface area contributed by atoms with Gasteiger partial charge < -0.3 is 19.8 Å². The fourth-order valence-corrected chi connectivity index (χ4v) is 2.34. The Kier molecular flexibility index (Phi) is 3.62. The van der Waals surface area contributed by atoms with Gasteiger partial charge in [0.1, 0.15) is 23.8 Å². The lowest BCUT2D eigenvalue weighted by molar-refractivity contribution is 0.0402. The van der Waals surface area contributed by atoms with Gasteiger partial charge in [0.25, 0.3) is 5.91 Å². The molecule has 106 valence electrons. The number of rotatable bonds is 4. The highest BCUT2D eigenvalue weighted by Crippen LogP contribution is 2.15. The minimum atomic E-state index is -0.239. The largest absolute Gasteiger partial charge is 0.376 e. The Morgan fingerprint density at radius 1 is 1.55 bits per heavy atom. The molecule has 0 unspecified atom stereocenters. The van der Waals surface area contributed by atoms with E-state index in [-0.39, 0.29) is 18.1 Å². The molecule has 0 aliphatic carbocycles. The van der Waals surface area contributed by atoms with Crippen LogP contribution in [0.4, 0.5) is 0 Å². The Bertz CT molecular complexity index is 612. The van der Waals surface area contributed by atoms with Crippen molar-refractivity contribution in [3.8, 4) is 0 Å². The Morgan fingerprint density at radius 3 is 3.30 bits per heavy atom. The zero-order chi connectivity index (χ0) is 13.9. The third-order valence-electron chi connectivity index (χ3n) is 3.29. The first kappa shape index (κ1) is 13.0. The monoisotopic (exact) mass is 276 g/mol. The van der Waals surface area contributed by atoms with Crippen molar-refractivity contribution in [1.82, 2.24) is 20.3 Å². The van der Waals surface area contributed by atoms with E-state index >= 15 is 0 Å². The number of aromatic nitrogens is 3. The van der Waals surface area contributed by atoms with Gasteiger partial charge in [-0.1, -0.05) is 0 Å². The van der Waals surface area contributed by atoms with Gasteiger partial charge in [-0.15, -0.1) is 0 Å². The summed E-state index contributed by atoms with van der Waals surface area (Å²) < 4.78 is 10.9. The predicted octanol–water partition coefficient (Wildman–Crippen LogP) is 0.492. The molecule has 0 saturated carbocycles. The van der Waals surface area contributed by atoms with Gasteiger partial charge >= 0.3 is 0 Å². The van der Waals surface area contributed by atoms with Crippen molar-refractivity contribution in [3.63, 3.8) is 0 Å². The first-order valence-electron chi connectivity index (χ1n) is 6.58. The van der Waals surface area contributed by atoms with Crippen LogP contribution >= 0.6 is 0 Å². The number of ether oxygens (including phenoxy) is 2. The van der Waals surface area contributed by atoms with Gasteiger partial charge in [0.15, 0.2) is 0 Å². The van der Waals surface area contributed by atoms with Gasteiger partial charge in [-0.3, -0.25) is 4.79 Å². The van der Waals surface area contributed by atoms with Gasteiger partial charge in [-0.05, 0) is 13.0 Å². The average Bonchev–Trinajstić information content (AvgIpc) is 3.08. The van der Waals surface area contributed by atoms with Gasteiger partial charge in [0.2, 0.25) is 0 Å². The number of hydrogen-bond donors (Lipinski definition) is 2. The van der Waals surface area contributed by atoms with Crippen LogP contribution in [0.2, 0.25) is 0 Å². The Morgan fingerprint density at radius 2 is 2.45 bits per heavy atom. The molecule has 7 nitrogen and oxygen atoms in total. The molecule has 1 saturated heterocycles. The predicted molar refractivity (Wildman–Crippen MR) is 71.4 cm³/mol. The van der Waals surface area contributed by atoms with E-state index in [4.69, 9.17) is 9.47 Å². The molecular formula is C13H16N4O3. The van der Waals surface area contributed by atoms with Crippen LogP contribution < -0.4 is 5.32 Å². The minimum Gasteiger partial charge on any atom is -0.376 e. The summed E-state index contributed by atoms with van der Waals surface area (Å²) in [6.07, 6.45) is 3.00. The van der Waals surface area contributed by atoms with Gasteiger partial charge in [-0.2, -0.15) is 0 Å². The maximum Gasteiger partial charge on any atom is 0.271 e. The van der Waals surface area contributed by atoms with E-state index in [1.165, 1.54) is 6.33 Å². The maximum absolute atomic E-state index is 12.3. The normalized spacial score (nSPS) is 22.2. The third kappa shape index (κ3) is 2.37. The third-order valence-corrected chi connectivity index (χ3v) is 3.29. The van der Waals surface area contributed by atoms with Crippen molar-refractivity contribution in [3.05, 3.63) is 24.3 Å². The number of H-pyrrole nitrogens is 1. The Balaban J connectivity index is 1.77. The highest BCUT2D eigenvalue weighted by Gasteiger charge is 2.30. The Labute approximate surface area is 115 Å². The highest BCUT2D eigenvalue weighted by atomic mass is 16.5. The minimum absolute atomic E-state index is 0.104. The van der Waals surface area contributed by atoms with Crippen molar-refractivity contribution < 1.29 is 14.3 Å². The molecular weight excluding hydrogens is 260 g/mol. The number of carbonyl (C=O) groups is 1. The van der Waals surface area contributed by atoms with E-state index in [9.17, 15) is 4.79 Å². The van der Waals surface area contributed by atoms with Crippen LogP contribution in [0.15, 0.2) is 18.6 Å². The molecule has 1 aliphatic rings. The molecule has 2 atom stereocenters. The van der Waals surface area contributed by atoms with Crippen LogP contribution in [0.1, 0.15) is 17.4 Å². The fourth-order valence-electron chi connectivity index (χ4n) is 2.34. The lowest BCUT2D eigenvalue weighted by Gasteiger charge is -2.18. The van der Waals surface area contributed by atoms with Crippen LogP contribution in [-0.2, 0) is 9.47 Å². The van der Waals surface area contributed by atoms with Gasteiger partial charge in [-0.25, -0.2) is 9.97 Å². The summed E-state index contributed by atoms with van der Waals surface area (Å²) in [7, 11) is 0. The number of fused-ring (bicyclic) bond motifs is 1. The summed E-state index contributed by atoms with van der Waals surface area (Å²) in [5, 5.41) is 3.62. The number of nitrogens with zero attached hydrogens (tertiary/aromatic N) is 2. The van der Waals surface area contributed by atoms with E-state index in [2.05, 4.69) is 20.3 Å². The fraction of sp³-hybridized carbons (Fsp3) is 0.462. The van der Waals surface area contributed by atoms with Gasteiger partial charge in [0, 0.05) is 12.8 Å². The van der Waals surface area contributed by atoms with Crippen molar-refractivity contribution in [2.75, 3.05) is 19.8 Å². The molecule has 7 heteroatoms. The standard InChI is InChI=1S/C13H16N4O3/c1-2-20-10-6-19-5-9(10)17-13(18)11-8-3-4-14-12(8)16-7-15-11/h3-4,7,9-10H,2,5-6H2,1H3,(H,17,18)(H,14,15,16)/t9-,10-/m1/s1. The van der Waals surface area contributed by atoms with Crippen LogP contribution in [0.3, 0.4) is 0 Å². The maximum atomic E-state index is 12.3. The quantitative estimate of drug-likeness (QED) is 0.848. The first-order valence-corrected chi connectivity index (χ1v) is 6.58. The van der Waals surface area contributed by atoms with E-state index in [1.54, 1.807) is 12.3 Å². The highest BCUT2D eigenvalue weighted by molar-refractivity contribution is 6.03. The molecule has 0 aromatic carbocycles. The lowest BCUT2D eigenvalue weighted by atomic mass is 10.2. The Hall–Kier alpha value is -1.99. The topological polar surface area (TPSA) is 89.1 Å². The molecule has 2 aromatic heterocycles. The molecule has 2 N–H and O–H groups in total. The molecule has 1 aliphatic heterocycles. The van der Waals surface area contributed by atoms with E-state index in [0.29, 0.717) is 36.5 Å². The molecule has 0 radical (unpaired) electrons. The molecule has 3 heterocycles. The number of nitrogens with one attached hydrogen (secondary N) is 2. The second-order valence-corrected chi connectivity index (χ2v) is 4.57. The number of aromatic amines is 1. The van der Waals surface area contributed by atoms with E-state index < -0.39 is 0 Å². The van der Waals surface area contributed by atoms with Crippen LogP contribution in [-0.4, -0.2) is 52.8 Å². The van der Waals surface area contributed by atoms with Gasteiger partial charge in [0.05, 0.1) is 24.6 Å². The molecule has 3 rings (SSSR count). The van der Waals surface area contributed by atoms with Crippen molar-refractivity contribution in [2.24, 2.45) is 0 Å². The molecule has 0 spiro atoms.